The molecule has 0 saturated heterocycles. The van der Waals surface area contributed by atoms with Gasteiger partial charge in [0.15, 0.2) is 5.78 Å². The molecule has 0 aliphatic rings. The summed E-state index contributed by atoms with van der Waals surface area (Å²) in [5.41, 5.74) is 5.29. The van der Waals surface area contributed by atoms with Crippen molar-refractivity contribution in [1.82, 2.24) is 0 Å². The zero-order valence-electron chi connectivity index (χ0n) is 5.76. The maximum absolute atomic E-state index is 10.8. The molecule has 0 saturated carbocycles. The lowest BCUT2D eigenvalue weighted by molar-refractivity contribution is -0.117. The van der Waals surface area contributed by atoms with Crippen molar-refractivity contribution >= 4 is 5.78 Å². The summed E-state index contributed by atoms with van der Waals surface area (Å²) in [6.45, 7) is 5.75. The van der Waals surface area contributed by atoms with Gasteiger partial charge in [-0.05, 0) is 12.5 Å². The first-order valence-electron chi connectivity index (χ1n) is 3.12. The van der Waals surface area contributed by atoms with Crippen molar-refractivity contribution in [2.75, 3.05) is 6.54 Å². The van der Waals surface area contributed by atoms with Crippen molar-refractivity contribution in [3.63, 3.8) is 0 Å². The minimum atomic E-state index is -0.0116. The highest BCUT2D eigenvalue weighted by Gasteiger charge is 2.09. The summed E-state index contributed by atoms with van der Waals surface area (Å²) >= 11 is 0. The van der Waals surface area contributed by atoms with Crippen molar-refractivity contribution in [3.8, 4) is 0 Å². The lowest BCUT2D eigenvalue weighted by Crippen LogP contribution is -2.20. The van der Waals surface area contributed by atoms with Crippen LogP contribution in [0, 0.1) is 5.92 Å². The lowest BCUT2D eigenvalue weighted by Gasteiger charge is -2.05. The van der Waals surface area contributed by atoms with E-state index in [-0.39, 0.29) is 11.7 Å². The molecule has 0 aliphatic carbocycles. The zero-order chi connectivity index (χ0) is 7.28. The van der Waals surface area contributed by atoms with Gasteiger partial charge in [0, 0.05) is 12.5 Å². The van der Waals surface area contributed by atoms with Gasteiger partial charge in [-0.25, -0.2) is 0 Å². The second-order valence-electron chi connectivity index (χ2n) is 1.95. The average Bonchev–Trinajstić information content (AvgIpc) is 1.90. The summed E-state index contributed by atoms with van der Waals surface area (Å²) in [6, 6.07) is 0. The molecule has 2 nitrogen and oxygen atoms in total. The summed E-state index contributed by atoms with van der Waals surface area (Å²) < 4.78 is 0. The number of hydrogen-bond acceptors (Lipinski definition) is 2. The highest BCUT2D eigenvalue weighted by Crippen LogP contribution is 2.00. The SMILES string of the molecule is C=CC(=O)C(CC)CN. The van der Waals surface area contributed by atoms with Crippen molar-refractivity contribution in [2.24, 2.45) is 11.7 Å². The smallest absolute Gasteiger partial charge is 0.159 e. The van der Waals surface area contributed by atoms with Crippen LogP contribution in [-0.4, -0.2) is 12.3 Å². The number of carbonyl (C=O) groups is 1. The van der Waals surface area contributed by atoms with Gasteiger partial charge >= 0.3 is 0 Å². The Labute approximate surface area is 55.7 Å². The second kappa shape index (κ2) is 4.27. The number of hydrogen-bond donors (Lipinski definition) is 1. The Balaban J connectivity index is 3.78. The lowest BCUT2D eigenvalue weighted by atomic mass is 10.0. The summed E-state index contributed by atoms with van der Waals surface area (Å²) in [6.07, 6.45) is 2.14. The first-order valence-corrected chi connectivity index (χ1v) is 3.12. The molecule has 0 aromatic carbocycles. The normalized spacial score (nSPS) is 12.7. The third-order valence-electron chi connectivity index (χ3n) is 1.38. The molecule has 2 heteroatoms. The standard InChI is InChI=1S/C7H13NO/c1-3-6(5-8)7(9)4-2/h4,6H,2-3,5,8H2,1H3. The molecule has 0 bridgehead atoms. The monoisotopic (exact) mass is 127 g/mol. The molecule has 9 heavy (non-hydrogen) atoms. The van der Waals surface area contributed by atoms with Gasteiger partial charge in [-0.15, -0.1) is 0 Å². The third-order valence-corrected chi connectivity index (χ3v) is 1.38. The van der Waals surface area contributed by atoms with Crippen LogP contribution in [0.4, 0.5) is 0 Å². The molecule has 1 atom stereocenters. The van der Waals surface area contributed by atoms with E-state index in [1.54, 1.807) is 0 Å². The fourth-order valence-electron chi connectivity index (χ4n) is 0.651. The van der Waals surface area contributed by atoms with Crippen molar-refractivity contribution in [2.45, 2.75) is 13.3 Å². The van der Waals surface area contributed by atoms with Crippen LogP contribution in [-0.2, 0) is 4.79 Å². The van der Waals surface area contributed by atoms with Crippen LogP contribution in [0.15, 0.2) is 12.7 Å². The van der Waals surface area contributed by atoms with Gasteiger partial charge in [-0.3, -0.25) is 4.79 Å². The van der Waals surface area contributed by atoms with Crippen molar-refractivity contribution in [3.05, 3.63) is 12.7 Å². The van der Waals surface area contributed by atoms with Crippen LogP contribution >= 0.6 is 0 Å². The molecule has 1 unspecified atom stereocenters. The van der Waals surface area contributed by atoms with E-state index in [0.29, 0.717) is 6.54 Å². The van der Waals surface area contributed by atoms with Crippen LogP contribution < -0.4 is 5.73 Å². The molecule has 0 amide bonds. The van der Waals surface area contributed by atoms with Crippen LogP contribution in [0.2, 0.25) is 0 Å². The van der Waals surface area contributed by atoms with E-state index in [1.807, 2.05) is 6.92 Å². The van der Waals surface area contributed by atoms with Crippen molar-refractivity contribution < 1.29 is 4.79 Å². The molecule has 0 aromatic heterocycles. The Bertz CT molecular complexity index is 105. The quantitative estimate of drug-likeness (QED) is 0.565. The molecular formula is C7H13NO. The van der Waals surface area contributed by atoms with E-state index < -0.39 is 0 Å². The highest BCUT2D eigenvalue weighted by molar-refractivity contribution is 5.91. The van der Waals surface area contributed by atoms with Crippen LogP contribution in [0.5, 0.6) is 0 Å². The van der Waals surface area contributed by atoms with Gasteiger partial charge in [0.2, 0.25) is 0 Å². The Morgan fingerprint density at radius 1 is 1.89 bits per heavy atom. The zero-order valence-corrected chi connectivity index (χ0v) is 5.76. The summed E-state index contributed by atoms with van der Waals surface area (Å²) in [7, 11) is 0. The Morgan fingerprint density at radius 2 is 2.44 bits per heavy atom. The number of rotatable bonds is 4. The first kappa shape index (κ1) is 8.37. The third kappa shape index (κ3) is 2.42. The van der Waals surface area contributed by atoms with Gasteiger partial charge in [-0.1, -0.05) is 13.5 Å². The number of allylic oxidation sites excluding steroid dienone is 1. The van der Waals surface area contributed by atoms with E-state index in [4.69, 9.17) is 5.73 Å². The topological polar surface area (TPSA) is 43.1 Å². The van der Waals surface area contributed by atoms with Gasteiger partial charge in [0.1, 0.15) is 0 Å². The van der Waals surface area contributed by atoms with E-state index in [0.717, 1.165) is 6.42 Å². The van der Waals surface area contributed by atoms with Crippen LogP contribution in [0.25, 0.3) is 0 Å². The molecule has 0 spiro atoms. The number of carbonyl (C=O) groups excluding carboxylic acids is 1. The van der Waals surface area contributed by atoms with Gasteiger partial charge in [-0.2, -0.15) is 0 Å². The first-order chi connectivity index (χ1) is 4.26. The van der Waals surface area contributed by atoms with E-state index in [9.17, 15) is 4.79 Å². The van der Waals surface area contributed by atoms with E-state index >= 15 is 0 Å². The second-order valence-corrected chi connectivity index (χ2v) is 1.95. The molecule has 0 rings (SSSR count). The molecule has 0 aromatic rings. The molecular weight excluding hydrogens is 114 g/mol. The van der Waals surface area contributed by atoms with E-state index in [2.05, 4.69) is 6.58 Å². The molecule has 2 N–H and O–H groups in total. The summed E-state index contributed by atoms with van der Waals surface area (Å²) in [5, 5.41) is 0. The van der Waals surface area contributed by atoms with Gasteiger partial charge < -0.3 is 5.73 Å². The molecule has 0 aliphatic heterocycles. The largest absolute Gasteiger partial charge is 0.330 e. The Morgan fingerprint density at radius 3 is 2.56 bits per heavy atom. The predicted octanol–water partition coefficient (Wildman–Crippen LogP) is 0.726. The summed E-state index contributed by atoms with van der Waals surface area (Å²) in [5.74, 6) is 0.0440. The number of ketones is 1. The maximum atomic E-state index is 10.8. The minimum Gasteiger partial charge on any atom is -0.330 e. The predicted molar refractivity (Wildman–Crippen MR) is 38.0 cm³/mol. The van der Waals surface area contributed by atoms with Gasteiger partial charge in [0.05, 0.1) is 0 Å². The Kier molecular flexibility index (Phi) is 3.97. The van der Waals surface area contributed by atoms with Crippen LogP contribution in [0.3, 0.4) is 0 Å². The average molecular weight is 127 g/mol. The number of nitrogens with two attached hydrogens (primary N) is 1. The highest BCUT2D eigenvalue weighted by atomic mass is 16.1. The molecule has 0 heterocycles. The fourth-order valence-corrected chi connectivity index (χ4v) is 0.651. The maximum Gasteiger partial charge on any atom is 0.159 e. The van der Waals surface area contributed by atoms with Crippen LogP contribution in [0.1, 0.15) is 13.3 Å². The molecule has 52 valence electrons. The van der Waals surface area contributed by atoms with E-state index in [1.165, 1.54) is 6.08 Å². The fraction of sp³-hybridized carbons (Fsp3) is 0.571. The minimum absolute atomic E-state index is 0.0116. The van der Waals surface area contributed by atoms with Crippen molar-refractivity contribution in [1.29, 1.82) is 0 Å². The molecule has 0 radical (unpaired) electrons. The Hall–Kier alpha value is -0.630. The summed E-state index contributed by atoms with van der Waals surface area (Å²) in [4.78, 5) is 10.8. The van der Waals surface area contributed by atoms with Gasteiger partial charge in [0.25, 0.3) is 0 Å². The molecule has 0 fully saturated rings.